The van der Waals surface area contributed by atoms with Gasteiger partial charge in [-0.25, -0.2) is 0 Å². The fourth-order valence-corrected chi connectivity index (χ4v) is 76.1. The average molecular weight is 2430 g/mol. The van der Waals surface area contributed by atoms with Crippen LogP contribution in [-0.4, -0.2) is 199 Å². The van der Waals surface area contributed by atoms with Crippen LogP contribution in [0.1, 0.15) is 405 Å². The van der Waals surface area contributed by atoms with E-state index in [0.717, 1.165) is 120 Å². The number of fused-ring (bicyclic) bond motifs is 35. The van der Waals surface area contributed by atoms with E-state index in [1.807, 2.05) is 85.8 Å². The molecule has 7 aliphatic heterocycles. The predicted octanol–water partition coefficient (Wildman–Crippen LogP) is 20.8. The van der Waals surface area contributed by atoms with E-state index in [0.29, 0.717) is 26.7 Å². The van der Waals surface area contributed by atoms with Crippen molar-refractivity contribution >= 4 is 212 Å². The number of rotatable bonds is 0. The first-order valence-corrected chi connectivity index (χ1v) is 69.6. The molecule has 14 heteroatoms. The number of hydrogen-bond acceptors (Lipinski definition) is 4. The monoisotopic (exact) mass is 2450 g/mol. The first-order valence-electron chi connectivity index (χ1n) is 47.2. The second-order valence-corrected chi connectivity index (χ2v) is 69.6. The third kappa shape index (κ3) is 16.1. The molecule has 0 radical (unpaired) electrons. The van der Waals surface area contributed by atoms with E-state index in [-0.39, 0.29) is 103 Å². The molecule has 14 aliphatic carbocycles. The Hall–Kier alpha value is 3.21. The van der Waals surface area contributed by atoms with Gasteiger partial charge in [-0.1, -0.05) is 0 Å². The Morgan fingerprint density at radius 2 is 0.714 bits per heavy atom. The van der Waals surface area contributed by atoms with Gasteiger partial charge in [0.05, 0.1) is 0 Å². The molecule has 7 aromatic heterocycles. The molecule has 0 saturated heterocycles. The van der Waals surface area contributed by atoms with Crippen LogP contribution in [0.5, 0.6) is 11.5 Å². The summed E-state index contributed by atoms with van der Waals surface area (Å²) in [6.45, 7) is 0. The Balaban J connectivity index is 0.0000000801. The van der Waals surface area contributed by atoms with E-state index in [1.165, 1.54) is 324 Å². The Kier molecular flexibility index (Phi) is 26.7. The van der Waals surface area contributed by atoms with Crippen LogP contribution < -0.4 is 22.0 Å². The minimum atomic E-state index is 0.0331. The van der Waals surface area contributed by atoms with Crippen molar-refractivity contribution in [2.45, 2.75) is 447 Å². The number of hydrogen-bond donors (Lipinski definition) is 0. The van der Waals surface area contributed by atoms with E-state index in [4.69, 9.17) is 9.47 Å². The van der Waals surface area contributed by atoms with Gasteiger partial charge in [-0.2, -0.15) is 0 Å². The van der Waals surface area contributed by atoms with Crippen molar-refractivity contribution in [2.75, 3.05) is 0 Å². The number of ether oxygens (including phenoxy) is 2. The summed E-state index contributed by atoms with van der Waals surface area (Å²) >= 11 is 9.46. The topological polar surface area (TPSA) is 18.5 Å². The Morgan fingerprint density at radius 3 is 1.46 bits per heavy atom. The molecule has 112 heavy (non-hydrogen) atoms. The second kappa shape index (κ2) is 36.9. The van der Waals surface area contributed by atoms with Crippen LogP contribution in [0.4, 0.5) is 0 Å². The molecule has 602 valence electrons. The number of thioether (sulfide) groups is 2. The van der Waals surface area contributed by atoms with Crippen LogP contribution >= 0.6 is 23.5 Å². The standard InChI is InChI=1S/C14H18OSe.C14H18OTe.C14H18SSe.C14H18STe.C14H18Se2.C14H18SeTe.C14H18Te2/c4*1-3-7-11-9(5-1)14-13(15-11)10-6-2-4-8-12(10)16-14;1-3-7-11-9(5-1)13-14(15-11)10-6-2-4-8-12(10)16-13;1-3-7-11-9(5-1)14-13(15-11)10-6-2-4-8-12(10)16-14;1-3-7-11-9(5-1)13-14(15-11)10-6-2-4-8-12(10)16-13/h7*9,11H,1-8H2. The van der Waals surface area contributed by atoms with E-state index < -0.39 is 0 Å². The van der Waals surface area contributed by atoms with Crippen molar-refractivity contribution in [3.8, 4) is 11.5 Å². The van der Waals surface area contributed by atoms with Gasteiger partial charge in [0.2, 0.25) is 0 Å². The summed E-state index contributed by atoms with van der Waals surface area (Å²) in [5.74, 6) is 9.91. The van der Waals surface area contributed by atoms with E-state index in [2.05, 4.69) is 34.3 Å². The van der Waals surface area contributed by atoms with Gasteiger partial charge >= 0.3 is 774 Å². The average Bonchev–Trinajstić information content (AvgIpc) is 1.65. The summed E-state index contributed by atoms with van der Waals surface area (Å²) in [5.41, 5.74) is 12.9. The zero-order valence-corrected chi connectivity index (χ0v) is 89.2. The Labute approximate surface area is 763 Å². The molecule has 0 spiro atoms. The summed E-state index contributed by atoms with van der Waals surface area (Å²) in [7, 11) is 0. The fraction of sp³-hybridized carbons (Fsp3) is 0.714. The third-order valence-corrected chi connectivity index (χ3v) is 74.0. The maximum absolute atomic E-state index is 6.31. The van der Waals surface area contributed by atoms with Crippen LogP contribution in [0.15, 0.2) is 9.79 Å². The van der Waals surface area contributed by atoms with Gasteiger partial charge in [0, 0.05) is 0 Å². The van der Waals surface area contributed by atoms with Gasteiger partial charge in [-0.05, 0) is 0 Å². The molecule has 0 bridgehead atoms. The molecule has 7 saturated carbocycles. The minimum absolute atomic E-state index is 0.0331. The molecule has 28 rings (SSSR count). The van der Waals surface area contributed by atoms with Gasteiger partial charge in [0.1, 0.15) is 0 Å². The van der Waals surface area contributed by atoms with Crippen LogP contribution in [0.3, 0.4) is 0 Å². The second-order valence-electron chi connectivity index (χ2n) is 38.2. The van der Waals surface area contributed by atoms with Gasteiger partial charge in [-0.3, -0.25) is 0 Å². The van der Waals surface area contributed by atoms with Gasteiger partial charge < -0.3 is 0 Å². The fourth-order valence-electron chi connectivity index (χ4n) is 25.3. The van der Waals surface area contributed by atoms with Gasteiger partial charge in [0.15, 0.2) is 0 Å². The van der Waals surface area contributed by atoms with Crippen molar-refractivity contribution in [2.24, 2.45) is 0 Å². The first kappa shape index (κ1) is 81.0. The third-order valence-electron chi connectivity index (χ3n) is 31.2. The normalized spacial score (nSPS) is 31.9. The summed E-state index contributed by atoms with van der Waals surface area (Å²) < 4.78 is 47.2. The molecular formula is C98H126O2S2Se5Te5. The van der Waals surface area contributed by atoms with Crippen LogP contribution in [0.25, 0.3) is 0 Å². The molecule has 7 fully saturated rings. The van der Waals surface area contributed by atoms with Crippen LogP contribution in [0, 0.1) is 0 Å². The summed E-state index contributed by atoms with van der Waals surface area (Å²) in [6, 6.07) is 0. The molecule has 0 amide bonds. The van der Waals surface area contributed by atoms with E-state index in [1.54, 1.807) is 71.4 Å². The van der Waals surface area contributed by atoms with Crippen molar-refractivity contribution < 1.29 is 9.47 Å². The molecule has 14 heterocycles. The molecular weight excluding hydrogens is 2310 g/mol. The summed E-state index contributed by atoms with van der Waals surface area (Å²) in [4.78, 5) is 5.98. The molecule has 0 N–H and O–H groups in total. The molecule has 14 unspecified atom stereocenters. The predicted molar refractivity (Wildman–Crippen MR) is 484 cm³/mol. The van der Waals surface area contributed by atoms with E-state index >= 15 is 0 Å². The van der Waals surface area contributed by atoms with Crippen molar-refractivity contribution in [3.05, 3.63) is 94.2 Å². The summed E-state index contributed by atoms with van der Waals surface area (Å²) in [5, 5.41) is 2.01. The van der Waals surface area contributed by atoms with E-state index in [9.17, 15) is 0 Å². The first-order chi connectivity index (χ1) is 55.5. The molecule has 7 aromatic rings. The zero-order chi connectivity index (χ0) is 73.7. The van der Waals surface area contributed by atoms with Crippen LogP contribution in [0.2, 0.25) is 13.6 Å². The Morgan fingerprint density at radius 1 is 0.268 bits per heavy atom. The molecule has 21 aliphatic rings. The SMILES string of the molecule is C1CCc2c([se]c3c2OC2CCCCC32)C1.C1CCc2c([se]c3c2SC2CCCCC32)C1.C1CCc2c([se]c3c2[Se]C2CCCCC32)C1.C1CCc2c([te]c3c2OC2CCCCC32)C1.C1CCc2c([te]c3c2SC2CCCCC32)C1.C1CCc2c([te]c3c2[Se]C2CCCCC32)C1.C1CCc2c([te]c3c2[Te]C2CCCCC32)C1. The summed E-state index contributed by atoms with van der Waals surface area (Å²) in [6.07, 6.45) is 83.7. The zero-order valence-electron chi connectivity index (χ0n) is 67.4. The van der Waals surface area contributed by atoms with Crippen molar-refractivity contribution in [1.82, 2.24) is 0 Å². The molecule has 2 nitrogen and oxygen atoms in total. The number of aryl methyl sites for hydroxylation is 7. The van der Waals surface area contributed by atoms with Gasteiger partial charge in [-0.15, -0.1) is 0 Å². The molecule has 0 aromatic carbocycles. The van der Waals surface area contributed by atoms with Crippen molar-refractivity contribution in [1.29, 1.82) is 0 Å². The van der Waals surface area contributed by atoms with Crippen molar-refractivity contribution in [3.63, 3.8) is 0 Å². The molecule has 14 atom stereocenters. The Bertz CT molecular complexity index is 3740. The maximum atomic E-state index is 6.31. The quantitative estimate of drug-likeness (QED) is 0.141. The van der Waals surface area contributed by atoms with Crippen LogP contribution in [-0.2, 0) is 89.9 Å². The van der Waals surface area contributed by atoms with Gasteiger partial charge in [0.25, 0.3) is 0 Å².